The minimum Gasteiger partial charge on any atom is -0.342 e. The molecule has 1 unspecified atom stereocenters. The van der Waals surface area contributed by atoms with Crippen molar-refractivity contribution in [3.05, 3.63) is 28.2 Å². The van der Waals surface area contributed by atoms with Crippen molar-refractivity contribution in [2.45, 2.75) is 26.8 Å². The normalized spacial score (nSPS) is 19.7. The van der Waals surface area contributed by atoms with Gasteiger partial charge in [0.15, 0.2) is 0 Å². The number of hydrogen-bond acceptors (Lipinski definition) is 2. The lowest BCUT2D eigenvalue weighted by Crippen LogP contribution is -2.62. The molecule has 0 radical (unpaired) electrons. The lowest BCUT2D eigenvalue weighted by molar-refractivity contribution is -0.133. The van der Waals surface area contributed by atoms with E-state index in [1.807, 2.05) is 0 Å². The van der Waals surface area contributed by atoms with E-state index in [1.54, 1.807) is 20.8 Å². The molecule has 1 saturated heterocycles. The average Bonchev–Trinajstić information content (AvgIpc) is 2.35. The first kappa shape index (κ1) is 15.9. The van der Waals surface area contributed by atoms with E-state index < -0.39 is 29.0 Å². The Kier molecular flexibility index (Phi) is 4.06. The topological polar surface area (TPSA) is 49.4 Å². The zero-order chi connectivity index (χ0) is 15.9. The van der Waals surface area contributed by atoms with Gasteiger partial charge in [-0.05, 0) is 27.4 Å². The number of benzene rings is 1. The van der Waals surface area contributed by atoms with Gasteiger partial charge in [-0.2, -0.15) is 0 Å². The summed E-state index contributed by atoms with van der Waals surface area (Å²) in [7, 11) is 0. The van der Waals surface area contributed by atoms with Gasteiger partial charge in [0.25, 0.3) is 5.91 Å². The van der Waals surface area contributed by atoms with Crippen LogP contribution < -0.4 is 10.2 Å². The standard InChI is InChI=1S/C14H15BrF2N2O2/c1-14(2,3)12-13(21)19(6-11(20)18-12)10-4-7(15)8(16)5-9(10)17/h4-5,12H,6H2,1-3H3,(H,18,20). The SMILES string of the molecule is CC(C)(C)C1NC(=O)CN(c2cc(Br)c(F)cc2F)C1=O. The second kappa shape index (κ2) is 5.36. The van der Waals surface area contributed by atoms with Crippen molar-refractivity contribution in [1.82, 2.24) is 5.32 Å². The molecule has 0 saturated carbocycles. The van der Waals surface area contributed by atoms with E-state index in [0.29, 0.717) is 6.07 Å². The van der Waals surface area contributed by atoms with Gasteiger partial charge in [-0.1, -0.05) is 20.8 Å². The number of piperazine rings is 1. The number of halogens is 3. The monoisotopic (exact) mass is 360 g/mol. The number of rotatable bonds is 1. The predicted octanol–water partition coefficient (Wildman–Crippen LogP) is 2.60. The molecular formula is C14H15BrF2N2O2. The predicted molar refractivity (Wildman–Crippen MR) is 77.8 cm³/mol. The van der Waals surface area contributed by atoms with Crippen molar-refractivity contribution < 1.29 is 18.4 Å². The van der Waals surface area contributed by atoms with Crippen LogP contribution in [0.25, 0.3) is 0 Å². The first-order valence-corrected chi connectivity index (χ1v) is 7.16. The lowest BCUT2D eigenvalue weighted by atomic mass is 9.84. The summed E-state index contributed by atoms with van der Waals surface area (Å²) in [4.78, 5) is 25.4. The van der Waals surface area contributed by atoms with Crippen molar-refractivity contribution in [1.29, 1.82) is 0 Å². The third-order valence-electron chi connectivity index (χ3n) is 3.27. The molecule has 2 rings (SSSR count). The lowest BCUT2D eigenvalue weighted by Gasteiger charge is -2.38. The van der Waals surface area contributed by atoms with E-state index in [1.165, 1.54) is 6.07 Å². The Bertz CT molecular complexity index is 614. The number of nitrogens with zero attached hydrogens (tertiary/aromatic N) is 1. The second-order valence-electron chi connectivity index (χ2n) is 6.01. The van der Waals surface area contributed by atoms with Crippen LogP contribution in [0, 0.1) is 17.0 Å². The fourth-order valence-corrected chi connectivity index (χ4v) is 2.49. The van der Waals surface area contributed by atoms with Gasteiger partial charge in [0.1, 0.15) is 24.2 Å². The highest BCUT2D eigenvalue weighted by Gasteiger charge is 2.41. The molecule has 1 fully saturated rings. The number of amides is 2. The molecule has 1 aliphatic heterocycles. The van der Waals surface area contributed by atoms with Gasteiger partial charge in [0, 0.05) is 6.07 Å². The number of carbonyl (C=O) groups is 2. The molecule has 1 aromatic carbocycles. The van der Waals surface area contributed by atoms with E-state index in [-0.39, 0.29) is 22.6 Å². The summed E-state index contributed by atoms with van der Waals surface area (Å²) in [6.45, 7) is 5.11. The number of anilines is 1. The maximum absolute atomic E-state index is 14.0. The van der Waals surface area contributed by atoms with Crippen LogP contribution in [-0.2, 0) is 9.59 Å². The smallest absolute Gasteiger partial charge is 0.250 e. The summed E-state index contributed by atoms with van der Waals surface area (Å²) in [5, 5.41) is 2.61. The fraction of sp³-hybridized carbons (Fsp3) is 0.429. The zero-order valence-corrected chi connectivity index (χ0v) is 13.4. The highest BCUT2D eigenvalue weighted by molar-refractivity contribution is 9.10. The van der Waals surface area contributed by atoms with E-state index in [2.05, 4.69) is 21.2 Å². The first-order valence-electron chi connectivity index (χ1n) is 6.36. The van der Waals surface area contributed by atoms with Crippen LogP contribution in [0.5, 0.6) is 0 Å². The summed E-state index contributed by atoms with van der Waals surface area (Å²) < 4.78 is 27.3. The van der Waals surface area contributed by atoms with Crippen molar-refractivity contribution in [2.75, 3.05) is 11.4 Å². The molecule has 1 N–H and O–H groups in total. The zero-order valence-electron chi connectivity index (χ0n) is 11.8. The summed E-state index contributed by atoms with van der Waals surface area (Å²) in [5.74, 6) is -2.45. The highest BCUT2D eigenvalue weighted by atomic mass is 79.9. The molecule has 114 valence electrons. The Morgan fingerprint density at radius 3 is 2.43 bits per heavy atom. The molecule has 7 heteroatoms. The number of carbonyl (C=O) groups excluding carboxylic acids is 2. The van der Waals surface area contributed by atoms with Gasteiger partial charge in [-0.3, -0.25) is 14.5 Å². The molecule has 0 aromatic heterocycles. The van der Waals surface area contributed by atoms with Crippen LogP contribution in [0.4, 0.5) is 14.5 Å². The Hall–Kier alpha value is -1.50. The largest absolute Gasteiger partial charge is 0.342 e. The minimum absolute atomic E-state index is 0.0324. The third kappa shape index (κ3) is 3.07. The van der Waals surface area contributed by atoms with Gasteiger partial charge in [0.05, 0.1) is 10.2 Å². The molecule has 0 bridgehead atoms. The molecule has 1 aromatic rings. The first-order chi connectivity index (χ1) is 9.61. The van der Waals surface area contributed by atoms with E-state index >= 15 is 0 Å². The summed E-state index contributed by atoms with van der Waals surface area (Å²) in [5.41, 5.74) is -0.628. The fourth-order valence-electron chi connectivity index (χ4n) is 2.16. The molecule has 4 nitrogen and oxygen atoms in total. The molecule has 21 heavy (non-hydrogen) atoms. The maximum atomic E-state index is 14.0. The van der Waals surface area contributed by atoms with Crippen LogP contribution in [0.15, 0.2) is 16.6 Å². The van der Waals surface area contributed by atoms with Gasteiger partial charge >= 0.3 is 0 Å². The highest BCUT2D eigenvalue weighted by Crippen LogP contribution is 2.30. The van der Waals surface area contributed by atoms with Crippen molar-refractivity contribution in [3.8, 4) is 0 Å². The van der Waals surface area contributed by atoms with Crippen LogP contribution in [0.3, 0.4) is 0 Å². The summed E-state index contributed by atoms with van der Waals surface area (Å²) in [6.07, 6.45) is 0. The molecule has 1 atom stereocenters. The van der Waals surface area contributed by atoms with Crippen molar-refractivity contribution in [2.24, 2.45) is 5.41 Å². The van der Waals surface area contributed by atoms with Crippen LogP contribution in [-0.4, -0.2) is 24.4 Å². The third-order valence-corrected chi connectivity index (χ3v) is 3.87. The Morgan fingerprint density at radius 2 is 1.86 bits per heavy atom. The quantitative estimate of drug-likeness (QED) is 0.782. The van der Waals surface area contributed by atoms with Gasteiger partial charge < -0.3 is 5.32 Å². The Balaban J connectivity index is 2.45. The van der Waals surface area contributed by atoms with Crippen LogP contribution >= 0.6 is 15.9 Å². The summed E-state index contributed by atoms with van der Waals surface area (Å²) >= 11 is 2.96. The molecule has 2 amide bonds. The van der Waals surface area contributed by atoms with E-state index in [9.17, 15) is 18.4 Å². The van der Waals surface area contributed by atoms with E-state index in [0.717, 1.165) is 4.90 Å². The summed E-state index contributed by atoms with van der Waals surface area (Å²) in [6, 6.07) is 1.09. The number of hydrogen-bond donors (Lipinski definition) is 1. The Labute approximate surface area is 129 Å². The molecule has 1 heterocycles. The van der Waals surface area contributed by atoms with Crippen LogP contribution in [0.1, 0.15) is 20.8 Å². The maximum Gasteiger partial charge on any atom is 0.250 e. The molecular weight excluding hydrogens is 346 g/mol. The van der Waals surface area contributed by atoms with Crippen molar-refractivity contribution in [3.63, 3.8) is 0 Å². The minimum atomic E-state index is -0.883. The molecule has 1 aliphatic rings. The second-order valence-corrected chi connectivity index (χ2v) is 6.86. The molecule has 0 aliphatic carbocycles. The van der Waals surface area contributed by atoms with Gasteiger partial charge in [0.2, 0.25) is 5.91 Å². The van der Waals surface area contributed by atoms with E-state index in [4.69, 9.17) is 0 Å². The van der Waals surface area contributed by atoms with Crippen molar-refractivity contribution >= 4 is 33.4 Å². The average molecular weight is 361 g/mol. The number of nitrogens with one attached hydrogen (secondary N) is 1. The molecule has 0 spiro atoms. The van der Waals surface area contributed by atoms with Crippen LogP contribution in [0.2, 0.25) is 0 Å². The van der Waals surface area contributed by atoms with Gasteiger partial charge in [-0.25, -0.2) is 8.78 Å². The Morgan fingerprint density at radius 1 is 1.24 bits per heavy atom. The van der Waals surface area contributed by atoms with Gasteiger partial charge in [-0.15, -0.1) is 0 Å².